The molecule has 1 unspecified atom stereocenters. The van der Waals surface area contributed by atoms with Crippen LogP contribution < -0.4 is 11.1 Å². The fraction of sp³-hybridized carbons (Fsp3) is 0.174. The number of pyridine rings is 1. The number of halogens is 2. The molecule has 1 atom stereocenters. The van der Waals surface area contributed by atoms with E-state index in [-0.39, 0.29) is 28.3 Å². The molecule has 5 aromatic rings. The minimum absolute atomic E-state index is 0.0936. The zero-order valence-electron chi connectivity index (χ0n) is 19.0. The van der Waals surface area contributed by atoms with E-state index in [2.05, 4.69) is 30.6 Å². The first-order valence-corrected chi connectivity index (χ1v) is 11.1. The number of anilines is 1. The Labute approximate surface area is 204 Å². The number of fused-ring (bicyclic) bond motifs is 1. The van der Waals surface area contributed by atoms with E-state index in [1.165, 1.54) is 6.07 Å². The van der Waals surface area contributed by atoms with Gasteiger partial charge >= 0.3 is 0 Å². The number of amides is 1. The number of nitrogens with one attached hydrogen (secondary N) is 2. The summed E-state index contributed by atoms with van der Waals surface area (Å²) in [5.74, 6) is -0.292. The number of benzene rings is 1. The van der Waals surface area contributed by atoms with Crippen molar-refractivity contribution in [1.29, 1.82) is 0 Å². The van der Waals surface area contributed by atoms with Gasteiger partial charge in [-0.05, 0) is 37.6 Å². The molecule has 4 heterocycles. The van der Waals surface area contributed by atoms with E-state index in [0.717, 1.165) is 11.3 Å². The van der Waals surface area contributed by atoms with Crippen molar-refractivity contribution in [1.82, 2.24) is 39.7 Å². The van der Waals surface area contributed by atoms with Gasteiger partial charge in [0.2, 0.25) is 5.95 Å². The highest BCUT2D eigenvalue weighted by molar-refractivity contribution is 6.32. The number of hydrogen-bond acceptors (Lipinski definition) is 6. The fourth-order valence-corrected chi connectivity index (χ4v) is 4.28. The molecule has 1 amide bonds. The molecule has 4 N–H and O–H groups in total. The zero-order chi connectivity index (χ0) is 24.9. The molecule has 0 aliphatic rings. The Kier molecular flexibility index (Phi) is 5.48. The van der Waals surface area contributed by atoms with Crippen LogP contribution in [0.4, 0.5) is 10.3 Å². The smallest absolute Gasteiger partial charge is 0.252 e. The average molecular weight is 494 g/mol. The predicted molar refractivity (Wildman–Crippen MR) is 129 cm³/mol. The first-order chi connectivity index (χ1) is 16.7. The molecule has 178 valence electrons. The van der Waals surface area contributed by atoms with E-state index in [9.17, 15) is 4.79 Å². The monoisotopic (exact) mass is 493 g/mol. The Bertz CT molecular complexity index is 1590. The van der Waals surface area contributed by atoms with Crippen LogP contribution >= 0.6 is 11.6 Å². The van der Waals surface area contributed by atoms with Crippen molar-refractivity contribution in [2.45, 2.75) is 19.9 Å². The number of H-pyrrole nitrogens is 1. The summed E-state index contributed by atoms with van der Waals surface area (Å²) in [5.41, 5.74) is 8.96. The van der Waals surface area contributed by atoms with Crippen LogP contribution in [-0.4, -0.2) is 40.3 Å². The van der Waals surface area contributed by atoms with Gasteiger partial charge in [-0.25, -0.2) is 9.37 Å². The maximum Gasteiger partial charge on any atom is 0.252 e. The number of hydrogen-bond donors (Lipinski definition) is 3. The molecule has 0 aliphatic carbocycles. The Morgan fingerprint density at radius 1 is 1.26 bits per heavy atom. The van der Waals surface area contributed by atoms with Gasteiger partial charge < -0.3 is 11.1 Å². The maximum absolute atomic E-state index is 15.2. The van der Waals surface area contributed by atoms with Crippen LogP contribution in [0.15, 0.2) is 42.7 Å². The number of nitrogens with zero attached hydrogens (tertiary/aromatic N) is 6. The summed E-state index contributed by atoms with van der Waals surface area (Å²) >= 11 is 6.65. The molecule has 0 spiro atoms. The number of nitrogens with two attached hydrogens (primary N) is 1. The van der Waals surface area contributed by atoms with Crippen LogP contribution in [0.5, 0.6) is 0 Å². The van der Waals surface area contributed by atoms with Crippen molar-refractivity contribution in [3.63, 3.8) is 0 Å². The number of aromatic amines is 1. The quantitative estimate of drug-likeness (QED) is 0.342. The molecule has 0 fully saturated rings. The highest BCUT2D eigenvalue weighted by Crippen LogP contribution is 2.38. The van der Waals surface area contributed by atoms with Gasteiger partial charge in [-0.1, -0.05) is 23.7 Å². The lowest BCUT2D eigenvalue weighted by atomic mass is 9.98. The second-order valence-electron chi connectivity index (χ2n) is 8.13. The first-order valence-electron chi connectivity index (χ1n) is 10.7. The van der Waals surface area contributed by atoms with Gasteiger partial charge in [-0.3, -0.25) is 19.0 Å². The second kappa shape index (κ2) is 8.51. The zero-order valence-corrected chi connectivity index (χ0v) is 19.8. The number of imidazole rings is 1. The van der Waals surface area contributed by atoms with Crippen molar-refractivity contribution < 1.29 is 9.18 Å². The summed E-state index contributed by atoms with van der Waals surface area (Å²) in [6.07, 6.45) is 3.44. The van der Waals surface area contributed by atoms with E-state index in [4.69, 9.17) is 17.3 Å². The molecule has 10 nitrogen and oxygen atoms in total. The third kappa shape index (κ3) is 3.99. The molecule has 0 saturated heterocycles. The minimum Gasteiger partial charge on any atom is -0.367 e. The van der Waals surface area contributed by atoms with E-state index >= 15 is 4.39 Å². The highest BCUT2D eigenvalue weighted by atomic mass is 35.5. The second-order valence-corrected chi connectivity index (χ2v) is 8.49. The molecular weight excluding hydrogens is 473 g/mol. The lowest BCUT2D eigenvalue weighted by molar-refractivity contribution is 0.0938. The van der Waals surface area contributed by atoms with Gasteiger partial charge in [0.05, 0.1) is 11.7 Å². The molecule has 4 aromatic heterocycles. The van der Waals surface area contributed by atoms with Gasteiger partial charge in [0, 0.05) is 36.1 Å². The van der Waals surface area contributed by atoms with E-state index in [0.29, 0.717) is 22.6 Å². The molecule has 1 aromatic carbocycles. The van der Waals surface area contributed by atoms with Crippen molar-refractivity contribution >= 4 is 29.1 Å². The summed E-state index contributed by atoms with van der Waals surface area (Å²) < 4.78 is 18.4. The molecular formula is C23H21ClFN9O. The van der Waals surface area contributed by atoms with Gasteiger partial charge in [-0.15, -0.1) is 5.10 Å². The largest absolute Gasteiger partial charge is 0.367 e. The van der Waals surface area contributed by atoms with Crippen molar-refractivity contribution in [3.8, 4) is 22.4 Å². The van der Waals surface area contributed by atoms with Crippen LogP contribution in [0.3, 0.4) is 0 Å². The molecule has 5 rings (SSSR count). The van der Waals surface area contributed by atoms with Crippen LogP contribution in [0.25, 0.3) is 28.0 Å². The predicted octanol–water partition coefficient (Wildman–Crippen LogP) is 3.69. The summed E-state index contributed by atoms with van der Waals surface area (Å²) in [7, 11) is 1.80. The van der Waals surface area contributed by atoms with Crippen LogP contribution in [-0.2, 0) is 7.05 Å². The molecule has 0 radical (unpaired) electrons. The van der Waals surface area contributed by atoms with Gasteiger partial charge in [-0.2, -0.15) is 10.1 Å². The number of aryl methyl sites for hydroxylation is 2. The Morgan fingerprint density at radius 3 is 2.74 bits per heavy atom. The van der Waals surface area contributed by atoms with E-state index < -0.39 is 11.9 Å². The number of rotatable bonds is 5. The number of carbonyl (C=O) groups is 1. The van der Waals surface area contributed by atoms with Crippen molar-refractivity contribution in [2.75, 3.05) is 5.73 Å². The number of carbonyl (C=O) groups excluding carboxylic acids is 1. The lowest BCUT2D eigenvalue weighted by Gasteiger charge is -2.11. The Hall–Kier alpha value is -4.25. The maximum atomic E-state index is 15.2. The fourth-order valence-electron chi connectivity index (χ4n) is 4.00. The summed E-state index contributed by atoms with van der Waals surface area (Å²) in [6.45, 7) is 3.61. The molecule has 0 saturated carbocycles. The van der Waals surface area contributed by atoms with Crippen LogP contribution in [0.1, 0.15) is 34.8 Å². The summed E-state index contributed by atoms with van der Waals surface area (Å²) in [4.78, 5) is 21.4. The number of aromatic nitrogens is 7. The van der Waals surface area contributed by atoms with Crippen LogP contribution in [0, 0.1) is 12.7 Å². The lowest BCUT2D eigenvalue weighted by Crippen LogP contribution is -2.27. The van der Waals surface area contributed by atoms with Gasteiger partial charge in [0.1, 0.15) is 28.1 Å². The summed E-state index contributed by atoms with van der Waals surface area (Å²) in [5, 5.41) is 13.9. The van der Waals surface area contributed by atoms with Gasteiger partial charge in [0.25, 0.3) is 5.91 Å². The Morgan fingerprint density at radius 2 is 2.06 bits per heavy atom. The van der Waals surface area contributed by atoms with E-state index in [1.807, 2.05) is 13.1 Å². The SMILES string of the molecule is Cc1nn(C)cc1-c1cccc(F)c1-c1nc2cc(C(=O)NC(C)c3nc(N)n[nH]3)ccn2c1Cl. The third-order valence-electron chi connectivity index (χ3n) is 5.66. The minimum atomic E-state index is -0.464. The Balaban J connectivity index is 1.54. The van der Waals surface area contributed by atoms with Crippen LogP contribution in [0.2, 0.25) is 5.15 Å². The average Bonchev–Trinajstić information content (AvgIpc) is 3.50. The molecule has 0 aliphatic heterocycles. The molecule has 35 heavy (non-hydrogen) atoms. The molecule has 0 bridgehead atoms. The normalized spacial score (nSPS) is 12.3. The standard InChI is InChI=1S/C23H21ClFN9O/c1-11-15(10-33(3)32-11)14-5-4-6-16(25)18(14)19-20(24)34-8-7-13(9-17(34)28-19)22(35)27-12(2)21-29-23(26)31-30-21/h4-10,12H,1-3H3,(H,27,35)(H3,26,29,30,31). The highest BCUT2D eigenvalue weighted by Gasteiger charge is 2.23. The first kappa shape index (κ1) is 22.5. The van der Waals surface area contributed by atoms with Crippen molar-refractivity contribution in [3.05, 3.63) is 70.8 Å². The molecule has 12 heteroatoms. The topological polar surface area (TPSA) is 132 Å². The number of nitrogen functional groups attached to an aromatic ring is 1. The summed E-state index contributed by atoms with van der Waals surface area (Å²) in [6, 6.07) is 7.54. The van der Waals surface area contributed by atoms with Crippen molar-refractivity contribution in [2.24, 2.45) is 7.05 Å². The third-order valence-corrected chi connectivity index (χ3v) is 6.02. The van der Waals surface area contributed by atoms with Gasteiger partial charge in [0.15, 0.2) is 0 Å². The van der Waals surface area contributed by atoms with E-state index in [1.54, 1.807) is 53.5 Å².